The van der Waals surface area contributed by atoms with Gasteiger partial charge in [0.1, 0.15) is 17.2 Å². The van der Waals surface area contributed by atoms with Crippen LogP contribution in [-0.2, 0) is 6.42 Å². The maximum Gasteiger partial charge on any atom is 0.254 e. The molecule has 3 aromatic heterocycles. The molecule has 1 amide bonds. The zero-order valence-corrected chi connectivity index (χ0v) is 21.7. The van der Waals surface area contributed by atoms with Gasteiger partial charge in [-0.2, -0.15) is 11.3 Å². The number of hydrogen-bond donors (Lipinski definition) is 2. The van der Waals surface area contributed by atoms with Crippen LogP contribution in [0, 0.1) is 0 Å². The van der Waals surface area contributed by atoms with Crippen LogP contribution >= 0.6 is 11.3 Å². The van der Waals surface area contributed by atoms with Crippen LogP contribution in [0.1, 0.15) is 52.2 Å². The van der Waals surface area contributed by atoms with Gasteiger partial charge in [-0.1, -0.05) is 48.5 Å². The number of anilines is 2. The summed E-state index contributed by atoms with van der Waals surface area (Å²) in [5, 5.41) is 7.66. The van der Waals surface area contributed by atoms with Gasteiger partial charge in [0.05, 0.1) is 17.3 Å². The molecular weight excluding hydrogens is 492 g/mol. The van der Waals surface area contributed by atoms with Crippen molar-refractivity contribution in [2.24, 2.45) is 0 Å². The van der Waals surface area contributed by atoms with Crippen LogP contribution < -0.4 is 11.1 Å². The van der Waals surface area contributed by atoms with E-state index in [1.807, 2.05) is 34.0 Å². The maximum absolute atomic E-state index is 12.9. The van der Waals surface area contributed by atoms with Gasteiger partial charge in [0.2, 0.25) is 0 Å². The van der Waals surface area contributed by atoms with Crippen LogP contribution in [0.4, 0.5) is 11.5 Å². The summed E-state index contributed by atoms with van der Waals surface area (Å²) in [6.45, 7) is 1.44. The van der Waals surface area contributed by atoms with E-state index in [-0.39, 0.29) is 17.9 Å². The molecule has 8 heteroatoms. The summed E-state index contributed by atoms with van der Waals surface area (Å²) in [6, 6.07) is 18.9. The van der Waals surface area contributed by atoms with E-state index in [2.05, 4.69) is 57.2 Å². The molecule has 1 atom stereocenters. The highest BCUT2D eigenvalue weighted by Crippen LogP contribution is 2.43. The largest absolute Gasteiger partial charge is 0.382 e. The van der Waals surface area contributed by atoms with E-state index in [4.69, 9.17) is 10.7 Å². The molecule has 2 aromatic carbocycles. The van der Waals surface area contributed by atoms with Crippen LogP contribution in [-0.4, -0.2) is 38.3 Å². The number of benzene rings is 2. The number of nitrogens with zero attached hydrogens (tertiary/aromatic N) is 4. The standard InChI is InChI=1S/C30H28N6OS/c31-28-27-26(24-17-21-7-4-8-23(25(21)33-24)19-5-2-1-3-6-19)34-29(36(27)15-12-32-28)20-9-13-35(14-10-20)30(37)22-11-16-38-18-22/h1-8,11-12,15-16,18,20,24,33H,9-10,13-14,17H2,(H2,31,32). The predicted molar refractivity (Wildman–Crippen MR) is 152 cm³/mol. The number of carbonyl (C=O) groups is 1. The number of nitrogens with two attached hydrogens (primary N) is 1. The van der Waals surface area contributed by atoms with Gasteiger partial charge in [0.15, 0.2) is 0 Å². The molecule has 5 heterocycles. The van der Waals surface area contributed by atoms with Gasteiger partial charge in [-0.05, 0) is 35.4 Å². The van der Waals surface area contributed by atoms with Crippen molar-refractivity contribution in [2.45, 2.75) is 31.2 Å². The first-order chi connectivity index (χ1) is 18.7. The number of likely N-dealkylation sites (tertiary alicyclic amines) is 1. The second-order valence-electron chi connectivity index (χ2n) is 10.1. The number of piperidine rings is 1. The number of carbonyl (C=O) groups excluding carboxylic acids is 1. The molecule has 2 aliphatic heterocycles. The van der Waals surface area contributed by atoms with Crippen LogP contribution in [0.25, 0.3) is 16.6 Å². The number of fused-ring (bicyclic) bond motifs is 2. The quantitative estimate of drug-likeness (QED) is 0.314. The Balaban J connectivity index is 1.19. The highest BCUT2D eigenvalue weighted by molar-refractivity contribution is 7.08. The fraction of sp³-hybridized carbons (Fsp3) is 0.233. The molecule has 1 saturated heterocycles. The van der Waals surface area contributed by atoms with Crippen LogP contribution in [0.15, 0.2) is 77.8 Å². The lowest BCUT2D eigenvalue weighted by Crippen LogP contribution is -2.38. The lowest BCUT2D eigenvalue weighted by atomic mass is 9.95. The first-order valence-electron chi connectivity index (χ1n) is 13.0. The minimum Gasteiger partial charge on any atom is -0.382 e. The van der Waals surface area contributed by atoms with E-state index in [0.717, 1.165) is 60.6 Å². The normalized spacial score (nSPS) is 17.5. The molecule has 0 radical (unpaired) electrons. The molecule has 5 aromatic rings. The van der Waals surface area contributed by atoms with Crippen molar-refractivity contribution in [2.75, 3.05) is 24.1 Å². The Morgan fingerprint density at radius 2 is 1.89 bits per heavy atom. The third-order valence-corrected chi connectivity index (χ3v) is 8.54. The number of hydrogen-bond acceptors (Lipinski definition) is 6. The molecule has 3 N–H and O–H groups in total. The summed E-state index contributed by atoms with van der Waals surface area (Å²) >= 11 is 1.56. The predicted octanol–water partition coefficient (Wildman–Crippen LogP) is 5.77. The number of aromatic nitrogens is 3. The van der Waals surface area contributed by atoms with Crippen molar-refractivity contribution in [3.63, 3.8) is 0 Å². The minimum atomic E-state index is 0.00497. The molecule has 0 bridgehead atoms. The molecule has 7 rings (SSSR count). The summed E-state index contributed by atoms with van der Waals surface area (Å²) in [6.07, 6.45) is 6.29. The monoisotopic (exact) mass is 520 g/mol. The van der Waals surface area contributed by atoms with Gasteiger partial charge in [-0.3, -0.25) is 9.20 Å². The number of amides is 1. The second kappa shape index (κ2) is 9.29. The van der Waals surface area contributed by atoms with Crippen molar-refractivity contribution in [3.05, 3.63) is 100 Å². The Kier molecular flexibility index (Phi) is 5.62. The Bertz CT molecular complexity index is 1620. The summed E-state index contributed by atoms with van der Waals surface area (Å²) < 4.78 is 2.13. The number of imidazole rings is 1. The van der Waals surface area contributed by atoms with Crippen molar-refractivity contribution in [1.82, 2.24) is 19.3 Å². The molecular formula is C30H28N6OS. The average molecular weight is 521 g/mol. The molecule has 38 heavy (non-hydrogen) atoms. The molecule has 1 fully saturated rings. The van der Waals surface area contributed by atoms with Crippen LogP contribution in [0.2, 0.25) is 0 Å². The molecule has 1 unspecified atom stereocenters. The Labute approximate surface area is 225 Å². The van der Waals surface area contributed by atoms with E-state index in [9.17, 15) is 4.79 Å². The number of rotatable bonds is 4. The van der Waals surface area contributed by atoms with E-state index in [0.29, 0.717) is 5.82 Å². The van der Waals surface area contributed by atoms with Gasteiger partial charge in [-0.15, -0.1) is 0 Å². The van der Waals surface area contributed by atoms with E-state index in [1.54, 1.807) is 17.5 Å². The van der Waals surface area contributed by atoms with E-state index < -0.39 is 0 Å². The third-order valence-electron chi connectivity index (χ3n) is 7.86. The first-order valence-corrected chi connectivity index (χ1v) is 14.0. The highest BCUT2D eigenvalue weighted by atomic mass is 32.1. The van der Waals surface area contributed by atoms with Crippen molar-refractivity contribution in [3.8, 4) is 11.1 Å². The van der Waals surface area contributed by atoms with E-state index >= 15 is 0 Å². The summed E-state index contributed by atoms with van der Waals surface area (Å²) in [5.74, 6) is 1.86. The first kappa shape index (κ1) is 23.0. The molecule has 7 nitrogen and oxygen atoms in total. The Morgan fingerprint density at radius 1 is 1.05 bits per heavy atom. The van der Waals surface area contributed by atoms with Crippen molar-refractivity contribution < 1.29 is 4.79 Å². The summed E-state index contributed by atoms with van der Waals surface area (Å²) in [7, 11) is 0. The molecule has 190 valence electrons. The molecule has 0 spiro atoms. The summed E-state index contributed by atoms with van der Waals surface area (Å²) in [5.41, 5.74) is 13.9. The second-order valence-corrected chi connectivity index (χ2v) is 10.9. The third kappa shape index (κ3) is 3.83. The summed E-state index contributed by atoms with van der Waals surface area (Å²) in [4.78, 5) is 24.5. The van der Waals surface area contributed by atoms with Crippen LogP contribution in [0.3, 0.4) is 0 Å². The van der Waals surface area contributed by atoms with E-state index in [1.165, 1.54) is 16.7 Å². The molecule has 2 aliphatic rings. The lowest BCUT2D eigenvalue weighted by molar-refractivity contribution is 0.0711. The molecule has 0 saturated carbocycles. The zero-order chi connectivity index (χ0) is 25.6. The number of thiophene rings is 1. The van der Waals surface area contributed by atoms with Crippen LogP contribution in [0.5, 0.6) is 0 Å². The molecule has 0 aliphatic carbocycles. The number of nitrogens with one attached hydrogen (secondary N) is 1. The van der Waals surface area contributed by atoms with Crippen molar-refractivity contribution >= 4 is 34.3 Å². The van der Waals surface area contributed by atoms with Gasteiger partial charge in [-0.25, -0.2) is 9.97 Å². The average Bonchev–Trinajstić information content (AvgIpc) is 3.72. The zero-order valence-electron chi connectivity index (χ0n) is 20.9. The number of para-hydroxylation sites is 1. The number of nitrogen functional groups attached to an aromatic ring is 1. The Morgan fingerprint density at radius 3 is 2.68 bits per heavy atom. The van der Waals surface area contributed by atoms with Gasteiger partial charge in [0.25, 0.3) is 5.91 Å². The lowest BCUT2D eigenvalue weighted by Gasteiger charge is -2.31. The van der Waals surface area contributed by atoms with Gasteiger partial charge >= 0.3 is 0 Å². The fourth-order valence-corrected chi connectivity index (χ4v) is 6.59. The minimum absolute atomic E-state index is 0.00497. The SMILES string of the molecule is Nc1nccn2c(C3CCN(C(=O)c4ccsc4)CC3)nc(C3Cc4cccc(-c5ccccc5)c4N3)c12. The van der Waals surface area contributed by atoms with Crippen molar-refractivity contribution in [1.29, 1.82) is 0 Å². The maximum atomic E-state index is 12.9. The highest BCUT2D eigenvalue weighted by Gasteiger charge is 2.33. The smallest absolute Gasteiger partial charge is 0.254 e. The Hall–Kier alpha value is -4.17. The van der Waals surface area contributed by atoms with Gasteiger partial charge in [0, 0.05) is 54.5 Å². The topological polar surface area (TPSA) is 88.5 Å². The fourth-order valence-electron chi connectivity index (χ4n) is 5.96. The van der Waals surface area contributed by atoms with Gasteiger partial charge < -0.3 is 16.0 Å².